The molecule has 0 bridgehead atoms. The van der Waals surface area contributed by atoms with E-state index >= 15 is 0 Å². The molecule has 2 unspecified atom stereocenters. The molecule has 2 aliphatic rings. The van der Waals surface area contributed by atoms with Gasteiger partial charge < -0.3 is 14.5 Å². The first-order valence-corrected chi connectivity index (χ1v) is 8.67. The monoisotopic (exact) mass is 335 g/mol. The van der Waals surface area contributed by atoms with E-state index in [4.69, 9.17) is 10.00 Å². The van der Waals surface area contributed by atoms with Gasteiger partial charge in [0.15, 0.2) is 0 Å². The molecular weight excluding hydrogens is 314 g/mol. The summed E-state index contributed by atoms with van der Waals surface area (Å²) >= 11 is 0. The van der Waals surface area contributed by atoms with Gasteiger partial charge in [-0.3, -0.25) is 0 Å². The van der Waals surface area contributed by atoms with E-state index in [1.54, 1.807) is 19.4 Å². The average molecular weight is 335 g/mol. The van der Waals surface area contributed by atoms with Gasteiger partial charge in [-0.05, 0) is 43.0 Å². The zero-order valence-corrected chi connectivity index (χ0v) is 14.3. The smallest absolute Gasteiger partial charge is 0.228 e. The Hall–Kier alpha value is -2.81. The van der Waals surface area contributed by atoms with Gasteiger partial charge in [0.2, 0.25) is 11.8 Å². The molecule has 4 rings (SSSR count). The maximum absolute atomic E-state index is 8.99. The van der Waals surface area contributed by atoms with Crippen molar-refractivity contribution in [1.82, 2.24) is 9.97 Å². The van der Waals surface area contributed by atoms with Gasteiger partial charge >= 0.3 is 0 Å². The van der Waals surface area contributed by atoms with Gasteiger partial charge in [-0.1, -0.05) is 0 Å². The molecule has 2 saturated heterocycles. The van der Waals surface area contributed by atoms with Crippen LogP contribution in [0, 0.1) is 17.2 Å². The minimum Gasteiger partial charge on any atom is -0.481 e. The fourth-order valence-corrected chi connectivity index (χ4v) is 3.97. The van der Waals surface area contributed by atoms with Crippen LogP contribution in [-0.2, 0) is 0 Å². The molecule has 2 aromatic rings. The number of methoxy groups -OCH3 is 1. The van der Waals surface area contributed by atoms with Crippen molar-refractivity contribution in [2.45, 2.75) is 18.9 Å². The summed E-state index contributed by atoms with van der Waals surface area (Å²) in [6.45, 7) is 2.96. The van der Waals surface area contributed by atoms with E-state index in [1.165, 1.54) is 12.1 Å². The molecule has 6 heteroatoms. The Morgan fingerprint density at radius 1 is 1.16 bits per heavy atom. The van der Waals surface area contributed by atoms with Crippen molar-refractivity contribution in [2.75, 3.05) is 36.5 Å². The molecule has 0 radical (unpaired) electrons. The Morgan fingerprint density at radius 3 is 2.72 bits per heavy atom. The van der Waals surface area contributed by atoms with Crippen molar-refractivity contribution >= 4 is 11.6 Å². The van der Waals surface area contributed by atoms with Crippen molar-refractivity contribution in [3.05, 3.63) is 42.1 Å². The van der Waals surface area contributed by atoms with Crippen molar-refractivity contribution < 1.29 is 4.74 Å². The highest BCUT2D eigenvalue weighted by atomic mass is 16.5. The quantitative estimate of drug-likeness (QED) is 0.858. The minimum atomic E-state index is 0.455. The lowest BCUT2D eigenvalue weighted by Gasteiger charge is -2.39. The van der Waals surface area contributed by atoms with Crippen LogP contribution in [0.25, 0.3) is 0 Å². The van der Waals surface area contributed by atoms with Crippen LogP contribution >= 0.6 is 0 Å². The molecule has 1 aromatic carbocycles. The molecule has 2 fully saturated rings. The summed E-state index contributed by atoms with van der Waals surface area (Å²) in [7, 11) is 1.63. The lowest BCUT2D eigenvalue weighted by molar-refractivity contribution is 0.380. The van der Waals surface area contributed by atoms with Crippen LogP contribution in [0.2, 0.25) is 0 Å². The van der Waals surface area contributed by atoms with Gasteiger partial charge in [-0.25, -0.2) is 4.98 Å². The van der Waals surface area contributed by atoms with Gasteiger partial charge in [-0.15, -0.1) is 0 Å². The molecule has 0 amide bonds. The zero-order chi connectivity index (χ0) is 17.2. The number of benzene rings is 1. The van der Waals surface area contributed by atoms with Crippen LogP contribution in [0.3, 0.4) is 0 Å². The Balaban J connectivity index is 1.55. The second-order valence-corrected chi connectivity index (χ2v) is 6.60. The molecule has 2 atom stereocenters. The van der Waals surface area contributed by atoms with Gasteiger partial charge in [-0.2, -0.15) is 10.2 Å². The topological polar surface area (TPSA) is 65.3 Å². The predicted octanol–water partition coefficient (Wildman–Crippen LogP) is 2.46. The summed E-state index contributed by atoms with van der Waals surface area (Å²) in [4.78, 5) is 13.6. The van der Waals surface area contributed by atoms with E-state index in [-0.39, 0.29) is 0 Å². The number of anilines is 2. The number of fused-ring (bicyclic) bond motifs is 1. The summed E-state index contributed by atoms with van der Waals surface area (Å²) in [5.74, 6) is 2.05. The molecule has 128 valence electrons. The van der Waals surface area contributed by atoms with Crippen molar-refractivity contribution in [2.24, 2.45) is 5.92 Å². The summed E-state index contributed by atoms with van der Waals surface area (Å²) in [5, 5.41) is 8.99. The standard InChI is InChI=1S/C19H21N5O/c1-25-18-6-9-21-19(22-18)23-10-7-15-8-11-24(17(15)13-23)16-4-2-14(12-20)3-5-16/h2-6,9,15,17H,7-8,10-11,13H2,1H3. The molecule has 0 saturated carbocycles. The van der Waals surface area contributed by atoms with Gasteiger partial charge in [0.25, 0.3) is 0 Å². The fourth-order valence-electron chi connectivity index (χ4n) is 3.97. The van der Waals surface area contributed by atoms with E-state index < -0.39 is 0 Å². The number of aromatic nitrogens is 2. The summed E-state index contributed by atoms with van der Waals surface area (Å²) < 4.78 is 5.23. The third-order valence-electron chi connectivity index (χ3n) is 5.30. The maximum atomic E-state index is 8.99. The predicted molar refractivity (Wildman–Crippen MR) is 95.8 cm³/mol. The Kier molecular flexibility index (Phi) is 4.14. The second-order valence-electron chi connectivity index (χ2n) is 6.60. The number of ether oxygens (including phenoxy) is 1. The van der Waals surface area contributed by atoms with E-state index in [0.717, 1.165) is 32.0 Å². The minimum absolute atomic E-state index is 0.455. The van der Waals surface area contributed by atoms with Crippen LogP contribution in [0.1, 0.15) is 18.4 Å². The van der Waals surface area contributed by atoms with Crippen LogP contribution in [0.15, 0.2) is 36.5 Å². The molecule has 0 aliphatic carbocycles. The summed E-state index contributed by atoms with van der Waals surface area (Å²) in [6, 6.07) is 12.3. The van der Waals surface area contributed by atoms with Gasteiger partial charge in [0.05, 0.1) is 18.7 Å². The molecule has 1 aromatic heterocycles. The van der Waals surface area contributed by atoms with Crippen LogP contribution < -0.4 is 14.5 Å². The van der Waals surface area contributed by atoms with Crippen molar-refractivity contribution in [3.8, 4) is 11.9 Å². The van der Waals surface area contributed by atoms with Crippen LogP contribution in [0.4, 0.5) is 11.6 Å². The lowest BCUT2D eigenvalue weighted by atomic mass is 9.92. The number of rotatable bonds is 3. The highest BCUT2D eigenvalue weighted by Gasteiger charge is 2.39. The van der Waals surface area contributed by atoms with Crippen LogP contribution in [0.5, 0.6) is 5.88 Å². The number of piperidine rings is 1. The van der Waals surface area contributed by atoms with Crippen LogP contribution in [-0.4, -0.2) is 42.8 Å². The molecule has 3 heterocycles. The van der Waals surface area contributed by atoms with E-state index in [1.807, 2.05) is 12.1 Å². The third kappa shape index (κ3) is 2.98. The molecule has 6 nitrogen and oxygen atoms in total. The van der Waals surface area contributed by atoms with Crippen molar-refractivity contribution in [1.29, 1.82) is 5.26 Å². The van der Waals surface area contributed by atoms with Gasteiger partial charge in [0, 0.05) is 43.6 Å². The number of hydrogen-bond acceptors (Lipinski definition) is 6. The van der Waals surface area contributed by atoms with Gasteiger partial charge in [0.1, 0.15) is 0 Å². The van der Waals surface area contributed by atoms with Crippen molar-refractivity contribution in [3.63, 3.8) is 0 Å². The number of nitriles is 1. The summed E-state index contributed by atoms with van der Waals surface area (Å²) in [6.07, 6.45) is 4.12. The SMILES string of the molecule is COc1ccnc(N2CCC3CCN(c4ccc(C#N)cc4)C3C2)n1. The second kappa shape index (κ2) is 6.60. The van der Waals surface area contributed by atoms with E-state index in [2.05, 4.69) is 38.0 Å². The lowest BCUT2D eigenvalue weighted by Crippen LogP contribution is -2.48. The normalized spacial score (nSPS) is 22.4. The first kappa shape index (κ1) is 15.7. The third-order valence-corrected chi connectivity index (χ3v) is 5.30. The molecule has 2 aliphatic heterocycles. The number of hydrogen-bond donors (Lipinski definition) is 0. The highest BCUT2D eigenvalue weighted by molar-refractivity contribution is 5.52. The van der Waals surface area contributed by atoms with E-state index in [0.29, 0.717) is 23.4 Å². The Labute approximate surface area is 147 Å². The fraction of sp³-hybridized carbons (Fsp3) is 0.421. The molecular formula is C19H21N5O. The largest absolute Gasteiger partial charge is 0.481 e. The van der Waals surface area contributed by atoms with E-state index in [9.17, 15) is 0 Å². The summed E-state index contributed by atoms with van der Waals surface area (Å²) in [5.41, 5.74) is 1.90. The molecule has 25 heavy (non-hydrogen) atoms. The maximum Gasteiger partial charge on any atom is 0.228 e. The first-order valence-electron chi connectivity index (χ1n) is 8.67. The number of nitrogens with zero attached hydrogens (tertiary/aromatic N) is 5. The molecule has 0 N–H and O–H groups in total. The Morgan fingerprint density at radius 2 is 1.96 bits per heavy atom. The first-order chi connectivity index (χ1) is 12.3. The highest BCUT2D eigenvalue weighted by Crippen LogP contribution is 2.36. The Bertz CT molecular complexity index is 785. The average Bonchev–Trinajstić information content (AvgIpc) is 3.11. The zero-order valence-electron chi connectivity index (χ0n) is 14.3. The molecule has 0 spiro atoms.